The number of methoxy groups -OCH3 is 5. The van der Waals surface area contributed by atoms with Crippen molar-refractivity contribution < 1.29 is 47.4 Å². The predicted octanol–water partition coefficient (Wildman–Crippen LogP) is 19.8. The van der Waals surface area contributed by atoms with Crippen molar-refractivity contribution in [3.63, 3.8) is 0 Å². The Labute approximate surface area is 604 Å². The van der Waals surface area contributed by atoms with Gasteiger partial charge in [0.25, 0.3) is 0 Å². The number of fused-ring (bicyclic) bond motifs is 2. The predicted molar refractivity (Wildman–Crippen MR) is 433 cm³/mol. The van der Waals surface area contributed by atoms with E-state index in [1.165, 1.54) is 41.1 Å². The number of benzene rings is 8. The van der Waals surface area contributed by atoms with Gasteiger partial charge in [-0.3, -0.25) is 0 Å². The fourth-order valence-electron chi connectivity index (χ4n) is 9.33. The molecule has 0 saturated heterocycles. The largest absolute Gasteiger partial charge is 0.497 e. The van der Waals surface area contributed by atoms with Crippen LogP contribution >= 0.6 is 0 Å². The normalized spacial score (nSPS) is 11.6. The molecule has 0 fully saturated rings. The first-order chi connectivity index (χ1) is 44.9. The van der Waals surface area contributed by atoms with Crippen LogP contribution in [-0.4, -0.2) is 139 Å². The van der Waals surface area contributed by atoms with Gasteiger partial charge in [0.1, 0.15) is 138 Å². The summed E-state index contributed by atoms with van der Waals surface area (Å²) >= 11 is 0. The molecule has 0 aliphatic heterocycles. The maximum absolute atomic E-state index is 6.25. The van der Waals surface area contributed by atoms with Crippen LogP contribution in [0.4, 0.5) is 0 Å². The Kier molecular flexibility index (Phi) is 34.3. The summed E-state index contributed by atoms with van der Waals surface area (Å²) in [4.78, 5) is 7.79. The van der Waals surface area contributed by atoms with E-state index < -0.39 is 0 Å². The second-order valence-corrected chi connectivity index (χ2v) is 41.1. The minimum atomic E-state index is -0.284. The highest BCUT2D eigenvalue weighted by Crippen LogP contribution is 2.43. The zero-order valence-corrected chi connectivity index (χ0v) is 69.8. The molecule has 8 rings (SSSR count). The van der Waals surface area contributed by atoms with Crippen molar-refractivity contribution in [2.45, 2.75) is 161 Å². The van der Waals surface area contributed by atoms with Crippen molar-refractivity contribution in [1.82, 2.24) is 0 Å². The fraction of sp³-hybridized carbons (Fsp3) is 0.457. The zero-order valence-electron chi connectivity index (χ0n) is 64.9. The molecule has 0 bridgehead atoms. The number of ether oxygens (including phenoxy) is 10. The molecule has 0 spiro atoms. The molecule has 0 aliphatic carbocycles. The first-order valence-corrected chi connectivity index (χ1v) is 44.4. The van der Waals surface area contributed by atoms with E-state index in [-0.39, 0.29) is 71.6 Å². The zero-order chi connectivity index (χ0) is 73.6. The third-order valence-corrected chi connectivity index (χ3v) is 20.5. The molecule has 0 aromatic heterocycles. The van der Waals surface area contributed by atoms with Crippen molar-refractivity contribution in [2.75, 3.05) is 111 Å². The Balaban J connectivity index is 0.000000308. The average molecular weight is 1450 g/mol. The molecule has 0 heterocycles. The van der Waals surface area contributed by atoms with Gasteiger partial charge in [-0.05, 0) is 189 Å². The summed E-state index contributed by atoms with van der Waals surface area (Å²) in [5.41, 5.74) is -1.12. The molecule has 16 heteroatoms. The fourth-order valence-corrected chi connectivity index (χ4v) is 14.7. The Morgan fingerprint density at radius 3 is 0.825 bits per heavy atom. The molecule has 534 valence electrons. The minimum absolute atomic E-state index is 0.00841. The van der Waals surface area contributed by atoms with Crippen molar-refractivity contribution in [3.8, 4) is 57.5 Å². The summed E-state index contributed by atoms with van der Waals surface area (Å²) < 4.78 is 56.7. The third-order valence-electron chi connectivity index (χ3n) is 13.2. The number of hydrogen-bond acceptors (Lipinski definition) is 10. The molecule has 0 unspecified atom stereocenters. The first kappa shape index (κ1) is 85.6. The summed E-state index contributed by atoms with van der Waals surface area (Å²) in [7, 11) is 9.66. The SMILES string of the molecule is COc1cc(OC)c([S+](C)C)c(OC)c1.COc1ccc([S+](C)C)c2ccccc12.COc1ccc([S+](C)C)cc1.C[S+](C)c1c(OC(C)(C)C)cc(OC(C)(C)C)cc1OC(C)(C)C.C[S+](C)c1ccc(OC(C)(C)C)c2ccccc12.C[S+](C)c1ccc(OC(C)(C)C)cc1. The topological polar surface area (TPSA) is 92.3 Å². The van der Waals surface area contributed by atoms with Crippen LogP contribution in [0.25, 0.3) is 21.5 Å². The van der Waals surface area contributed by atoms with Gasteiger partial charge in [-0.15, -0.1) is 0 Å². The summed E-state index contributed by atoms with van der Waals surface area (Å²) in [5.74, 6) is 8.67. The van der Waals surface area contributed by atoms with Crippen LogP contribution in [0, 0.1) is 0 Å². The van der Waals surface area contributed by atoms with Gasteiger partial charge in [0.05, 0.1) is 35.5 Å². The first-order valence-electron chi connectivity index (χ1n) is 32.2. The second-order valence-electron chi connectivity index (χ2n) is 28.6. The number of hydrogen-bond donors (Lipinski definition) is 0. The van der Waals surface area contributed by atoms with Gasteiger partial charge in [0.15, 0.2) is 42.6 Å². The van der Waals surface area contributed by atoms with Crippen LogP contribution in [0.3, 0.4) is 0 Å². The lowest BCUT2D eigenvalue weighted by molar-refractivity contribution is 0.105. The quantitative estimate of drug-likeness (QED) is 0.0871. The van der Waals surface area contributed by atoms with E-state index in [2.05, 4.69) is 255 Å². The van der Waals surface area contributed by atoms with Crippen LogP contribution in [-0.2, 0) is 65.4 Å². The highest BCUT2D eigenvalue weighted by Gasteiger charge is 2.31. The van der Waals surface area contributed by atoms with Crippen LogP contribution < -0.4 is 47.4 Å². The maximum atomic E-state index is 6.25. The van der Waals surface area contributed by atoms with Crippen molar-refractivity contribution in [1.29, 1.82) is 0 Å². The standard InChI is InChI=1S/C20H35O3S.C16H21OS.C13H15OS.C12H19OS.C11H17O3S.C9H13OS/c1-18(2,3)21-14-12-15(22-19(4,5)6)17(24(10)11)16(13-14)23-20(7,8)9;1-16(2,3)17-14-10-11-15(18(4)5)13-9-7-6-8-12(13)14;1-14-12-8-9-13(15(2)3)11-7-5-4-6-10(11)12;1-12(2,3)13-10-6-8-11(9-7-10)14(4)5;1-12-8-6-9(13-2)11(15(4)5)10(7-8)14-3;1-10-8-4-6-9(7-5-8)11(2)3/h12-13H,1-11H3;6-11H,1-5H3;4-9H,1-3H3;6-9H,1-5H3;6-7H,1-5H3;4-7H,1-3H3/q6*+1. The van der Waals surface area contributed by atoms with Gasteiger partial charge in [-0.2, -0.15) is 0 Å². The van der Waals surface area contributed by atoms with E-state index in [0.717, 1.165) is 67.3 Å². The van der Waals surface area contributed by atoms with E-state index in [1.54, 1.807) is 35.5 Å². The lowest BCUT2D eigenvalue weighted by Gasteiger charge is -2.28. The maximum Gasteiger partial charge on any atom is 0.238 e. The molecule has 0 saturated carbocycles. The molecule has 0 atom stereocenters. The molecule has 0 amide bonds. The smallest absolute Gasteiger partial charge is 0.238 e. The van der Waals surface area contributed by atoms with Crippen LogP contribution in [0.1, 0.15) is 104 Å². The van der Waals surface area contributed by atoms with Crippen LogP contribution in [0.5, 0.6) is 57.5 Å². The molecule has 0 aliphatic rings. The summed E-state index contributed by atoms with van der Waals surface area (Å²) in [6.07, 6.45) is 26.5. The molecule has 8 aromatic rings. The second kappa shape index (κ2) is 38.8. The van der Waals surface area contributed by atoms with Crippen molar-refractivity contribution in [3.05, 3.63) is 146 Å². The van der Waals surface area contributed by atoms with Gasteiger partial charge in [-0.25, -0.2) is 0 Å². The minimum Gasteiger partial charge on any atom is -0.497 e. The summed E-state index contributed by atoms with van der Waals surface area (Å²) in [6, 6.07) is 49.8. The van der Waals surface area contributed by atoms with Crippen molar-refractivity contribution >= 4 is 86.9 Å². The molecule has 0 N–H and O–H groups in total. The van der Waals surface area contributed by atoms with Gasteiger partial charge >= 0.3 is 0 Å². The highest BCUT2D eigenvalue weighted by atomic mass is 32.2. The molecule has 8 aromatic carbocycles. The monoisotopic (exact) mass is 1440 g/mol. The van der Waals surface area contributed by atoms with E-state index in [9.17, 15) is 0 Å². The van der Waals surface area contributed by atoms with E-state index in [1.807, 2.05) is 69.3 Å². The van der Waals surface area contributed by atoms with E-state index in [4.69, 9.17) is 47.4 Å². The van der Waals surface area contributed by atoms with Gasteiger partial charge in [0, 0.05) is 111 Å². The molecule has 0 radical (unpaired) electrons. The number of rotatable bonds is 16. The van der Waals surface area contributed by atoms with Gasteiger partial charge < -0.3 is 47.4 Å². The Morgan fingerprint density at radius 2 is 0.515 bits per heavy atom. The van der Waals surface area contributed by atoms with Crippen molar-refractivity contribution in [2.24, 2.45) is 0 Å². The molecule has 97 heavy (non-hydrogen) atoms. The van der Waals surface area contributed by atoms with Crippen LogP contribution in [0.2, 0.25) is 0 Å². The van der Waals surface area contributed by atoms with E-state index in [0.29, 0.717) is 21.8 Å². The Morgan fingerprint density at radius 1 is 0.227 bits per heavy atom. The van der Waals surface area contributed by atoms with Gasteiger partial charge in [0.2, 0.25) is 9.79 Å². The van der Waals surface area contributed by atoms with Crippen LogP contribution in [0.15, 0.2) is 175 Å². The van der Waals surface area contributed by atoms with E-state index >= 15 is 0 Å². The molecular weight excluding hydrogens is 1330 g/mol. The Hall–Kier alpha value is -5.62. The molecular formula is C81H120O10S6+6. The lowest BCUT2D eigenvalue weighted by Crippen LogP contribution is -2.27. The summed E-state index contributed by atoms with van der Waals surface area (Å²) in [6.45, 7) is 30.9. The molecule has 10 nitrogen and oxygen atoms in total. The lowest BCUT2D eigenvalue weighted by atomic mass is 10.1. The summed E-state index contributed by atoms with van der Waals surface area (Å²) in [5, 5.41) is 5.04. The van der Waals surface area contributed by atoms with Gasteiger partial charge in [-0.1, -0.05) is 36.4 Å². The Bertz CT molecular complexity index is 3580. The highest BCUT2D eigenvalue weighted by molar-refractivity contribution is 7.97. The average Bonchev–Trinajstić information content (AvgIpc) is 0.812. The third kappa shape index (κ3) is 30.0.